The Morgan fingerprint density at radius 2 is 1.85 bits per heavy atom. The van der Waals surface area contributed by atoms with E-state index in [1.165, 1.54) is 32.1 Å². The van der Waals surface area contributed by atoms with Crippen molar-refractivity contribution in [2.75, 3.05) is 30.0 Å². The van der Waals surface area contributed by atoms with Gasteiger partial charge in [-0.1, -0.05) is 26.2 Å². The maximum atomic E-state index is 4.33. The summed E-state index contributed by atoms with van der Waals surface area (Å²) in [4.78, 5) is 8.57. The van der Waals surface area contributed by atoms with E-state index in [1.807, 2.05) is 17.8 Å². The van der Waals surface area contributed by atoms with Crippen LogP contribution in [-0.4, -0.2) is 34.1 Å². The second kappa shape index (κ2) is 7.72. The molecule has 4 nitrogen and oxygen atoms in total. The molecule has 0 aromatic carbocycles. The van der Waals surface area contributed by atoms with Gasteiger partial charge < -0.3 is 10.6 Å². The Hall–Kier alpha value is -0.970. The van der Waals surface area contributed by atoms with Crippen molar-refractivity contribution in [3.05, 3.63) is 12.4 Å². The van der Waals surface area contributed by atoms with Crippen molar-refractivity contribution >= 4 is 23.4 Å². The molecule has 5 heteroatoms. The zero-order valence-electron chi connectivity index (χ0n) is 12.6. The Morgan fingerprint density at radius 3 is 2.50 bits per heavy atom. The number of anilines is 2. The topological polar surface area (TPSA) is 49.8 Å². The van der Waals surface area contributed by atoms with Gasteiger partial charge in [0.05, 0.1) is 0 Å². The molecule has 0 unspecified atom stereocenters. The van der Waals surface area contributed by atoms with Crippen LogP contribution in [0.2, 0.25) is 0 Å². The van der Waals surface area contributed by atoms with Crippen LogP contribution in [0.3, 0.4) is 0 Å². The van der Waals surface area contributed by atoms with Gasteiger partial charge in [0, 0.05) is 23.9 Å². The number of aromatic nitrogens is 2. The van der Waals surface area contributed by atoms with Crippen LogP contribution in [0.1, 0.15) is 45.4 Å². The normalized spacial score (nSPS) is 17.7. The van der Waals surface area contributed by atoms with E-state index in [2.05, 4.69) is 33.8 Å². The predicted molar refractivity (Wildman–Crippen MR) is 88.6 cm³/mol. The largest absolute Gasteiger partial charge is 0.370 e. The smallest absolute Gasteiger partial charge is 0.131 e. The maximum absolute atomic E-state index is 4.33. The average Bonchev–Trinajstić information content (AvgIpc) is 2.52. The minimum Gasteiger partial charge on any atom is -0.370 e. The third-order valence-electron chi connectivity index (χ3n) is 4.01. The van der Waals surface area contributed by atoms with Gasteiger partial charge in [0.2, 0.25) is 0 Å². The summed E-state index contributed by atoms with van der Waals surface area (Å²) in [5.41, 5.74) is 0. The van der Waals surface area contributed by atoms with Crippen LogP contribution < -0.4 is 10.6 Å². The molecule has 1 aliphatic carbocycles. The Balaban J connectivity index is 1.92. The van der Waals surface area contributed by atoms with Gasteiger partial charge >= 0.3 is 0 Å². The lowest BCUT2D eigenvalue weighted by molar-refractivity contribution is 0.411. The van der Waals surface area contributed by atoms with Crippen molar-refractivity contribution in [1.82, 2.24) is 9.97 Å². The lowest BCUT2D eigenvalue weighted by Gasteiger charge is -2.36. The van der Waals surface area contributed by atoms with Crippen molar-refractivity contribution in [3.8, 4) is 0 Å². The maximum Gasteiger partial charge on any atom is 0.131 e. The summed E-state index contributed by atoms with van der Waals surface area (Å²) in [5, 5.41) is 6.81. The van der Waals surface area contributed by atoms with Crippen molar-refractivity contribution in [2.45, 2.75) is 50.2 Å². The van der Waals surface area contributed by atoms with E-state index >= 15 is 0 Å². The molecule has 112 valence electrons. The molecule has 0 aliphatic heterocycles. The monoisotopic (exact) mass is 294 g/mol. The van der Waals surface area contributed by atoms with E-state index in [1.54, 1.807) is 6.33 Å². The Labute approximate surface area is 126 Å². The molecule has 0 bridgehead atoms. The van der Waals surface area contributed by atoms with Crippen LogP contribution in [-0.2, 0) is 0 Å². The molecule has 1 aromatic rings. The SMILES string of the molecule is CCCNc1cc(NCC2(SC)CCCCC2)ncn1. The van der Waals surface area contributed by atoms with Gasteiger partial charge in [-0.15, -0.1) is 0 Å². The summed E-state index contributed by atoms with van der Waals surface area (Å²) in [6.07, 6.45) is 11.7. The molecule has 0 spiro atoms. The standard InChI is InChI=1S/C15H26N4S/c1-3-9-16-13-10-14(19-12-18-13)17-11-15(20-2)7-5-4-6-8-15/h10,12H,3-9,11H2,1-2H3,(H2,16,17,18,19). The van der Waals surface area contributed by atoms with Gasteiger partial charge in [-0.25, -0.2) is 9.97 Å². The highest BCUT2D eigenvalue weighted by Crippen LogP contribution is 2.38. The van der Waals surface area contributed by atoms with Gasteiger partial charge in [0.1, 0.15) is 18.0 Å². The molecule has 0 saturated heterocycles. The van der Waals surface area contributed by atoms with Crippen molar-refractivity contribution in [2.24, 2.45) is 0 Å². The van der Waals surface area contributed by atoms with Gasteiger partial charge in [-0.05, 0) is 25.5 Å². The fourth-order valence-electron chi connectivity index (χ4n) is 2.70. The molecular weight excluding hydrogens is 268 g/mol. The Morgan fingerprint density at radius 1 is 1.15 bits per heavy atom. The van der Waals surface area contributed by atoms with Crippen LogP contribution in [0.25, 0.3) is 0 Å². The average molecular weight is 294 g/mol. The zero-order chi connectivity index (χ0) is 14.3. The van der Waals surface area contributed by atoms with Crippen LogP contribution >= 0.6 is 11.8 Å². The quantitative estimate of drug-likeness (QED) is 0.801. The highest BCUT2D eigenvalue weighted by molar-refractivity contribution is 8.00. The van der Waals surface area contributed by atoms with Gasteiger partial charge in [-0.2, -0.15) is 11.8 Å². The lowest BCUT2D eigenvalue weighted by Crippen LogP contribution is -2.35. The molecule has 1 aromatic heterocycles. The first kappa shape index (κ1) is 15.4. The zero-order valence-corrected chi connectivity index (χ0v) is 13.4. The number of nitrogens with one attached hydrogen (secondary N) is 2. The van der Waals surface area contributed by atoms with Crippen molar-refractivity contribution in [3.63, 3.8) is 0 Å². The Kier molecular flexibility index (Phi) is 5.95. The number of rotatable bonds is 7. The first-order valence-electron chi connectivity index (χ1n) is 7.63. The number of hydrogen-bond donors (Lipinski definition) is 2. The van der Waals surface area contributed by atoms with Crippen LogP contribution in [0.5, 0.6) is 0 Å². The third kappa shape index (κ3) is 4.27. The highest BCUT2D eigenvalue weighted by atomic mass is 32.2. The summed E-state index contributed by atoms with van der Waals surface area (Å²) < 4.78 is 0.389. The molecule has 2 rings (SSSR count). The van der Waals surface area contributed by atoms with Gasteiger partial charge in [0.25, 0.3) is 0 Å². The molecule has 1 aliphatic rings. The summed E-state index contributed by atoms with van der Waals surface area (Å²) in [7, 11) is 0. The Bertz CT molecular complexity index is 405. The second-order valence-corrected chi connectivity index (χ2v) is 6.79. The number of hydrogen-bond acceptors (Lipinski definition) is 5. The second-order valence-electron chi connectivity index (χ2n) is 5.52. The summed E-state index contributed by atoms with van der Waals surface area (Å²) in [6.45, 7) is 4.10. The summed E-state index contributed by atoms with van der Waals surface area (Å²) >= 11 is 2.01. The number of thioether (sulfide) groups is 1. The first-order valence-corrected chi connectivity index (χ1v) is 8.85. The van der Waals surface area contributed by atoms with Crippen molar-refractivity contribution < 1.29 is 0 Å². The molecule has 20 heavy (non-hydrogen) atoms. The van der Waals surface area contributed by atoms with E-state index in [-0.39, 0.29) is 0 Å². The van der Waals surface area contributed by atoms with Gasteiger partial charge in [-0.3, -0.25) is 0 Å². The molecule has 0 atom stereocenters. The van der Waals surface area contributed by atoms with Gasteiger partial charge in [0.15, 0.2) is 0 Å². The molecule has 1 saturated carbocycles. The number of nitrogens with zero attached hydrogens (tertiary/aromatic N) is 2. The minimum atomic E-state index is 0.389. The van der Waals surface area contributed by atoms with E-state index in [0.717, 1.165) is 31.1 Å². The van der Waals surface area contributed by atoms with Crippen LogP contribution in [0, 0.1) is 0 Å². The molecular formula is C15H26N4S. The first-order chi connectivity index (χ1) is 9.78. The fraction of sp³-hybridized carbons (Fsp3) is 0.733. The lowest BCUT2D eigenvalue weighted by atomic mass is 9.88. The molecule has 1 heterocycles. The van der Waals surface area contributed by atoms with E-state index < -0.39 is 0 Å². The third-order valence-corrected chi connectivity index (χ3v) is 5.43. The van der Waals surface area contributed by atoms with E-state index in [9.17, 15) is 0 Å². The molecule has 2 N–H and O–H groups in total. The molecule has 1 fully saturated rings. The molecule has 0 amide bonds. The minimum absolute atomic E-state index is 0.389. The fourth-order valence-corrected chi connectivity index (χ4v) is 3.62. The summed E-state index contributed by atoms with van der Waals surface area (Å²) in [6, 6.07) is 2.01. The van der Waals surface area contributed by atoms with E-state index in [0.29, 0.717) is 4.75 Å². The summed E-state index contributed by atoms with van der Waals surface area (Å²) in [5.74, 6) is 1.84. The predicted octanol–water partition coefficient (Wildman–Crippen LogP) is 3.78. The van der Waals surface area contributed by atoms with Crippen molar-refractivity contribution in [1.29, 1.82) is 0 Å². The van der Waals surface area contributed by atoms with Crippen LogP contribution in [0.4, 0.5) is 11.6 Å². The van der Waals surface area contributed by atoms with Crippen LogP contribution in [0.15, 0.2) is 12.4 Å². The van der Waals surface area contributed by atoms with E-state index in [4.69, 9.17) is 0 Å². The highest BCUT2D eigenvalue weighted by Gasteiger charge is 2.30. The molecule has 0 radical (unpaired) electrons.